The maximum atomic E-state index is 9.49. The zero-order valence-electron chi connectivity index (χ0n) is 29.9. The molecule has 9 rings (SSSR count). The maximum Gasteiger partial charge on any atom is 0.143 e. The van der Waals surface area contributed by atoms with Gasteiger partial charge < -0.3 is 9.32 Å². The van der Waals surface area contributed by atoms with Gasteiger partial charge in [-0.05, 0) is 75.6 Å². The summed E-state index contributed by atoms with van der Waals surface area (Å²) in [5.41, 5.74) is 8.58. The molecule has 0 saturated heterocycles. The Morgan fingerprint density at radius 1 is 0.438 bits per heavy atom. The van der Waals surface area contributed by atoms with E-state index in [4.69, 9.17) is 7.16 Å². The molecule has 0 unspecified atom stereocenters. The van der Waals surface area contributed by atoms with Crippen LogP contribution >= 0.6 is 0 Å². The van der Waals surface area contributed by atoms with Gasteiger partial charge in [0.15, 0.2) is 0 Å². The first-order valence-electron chi connectivity index (χ1n) is 18.0. The highest BCUT2D eigenvalue weighted by molar-refractivity contribution is 6.19. The van der Waals surface area contributed by atoms with E-state index in [1.54, 1.807) is 0 Å². The van der Waals surface area contributed by atoms with Gasteiger partial charge in [0.25, 0.3) is 0 Å². The lowest BCUT2D eigenvalue weighted by Gasteiger charge is -2.28. The number of anilines is 3. The minimum Gasteiger partial charge on any atom is -0.455 e. The summed E-state index contributed by atoms with van der Waals surface area (Å²) >= 11 is 0. The Morgan fingerprint density at radius 3 is 1.69 bits per heavy atom. The summed E-state index contributed by atoms with van der Waals surface area (Å²) in [5.74, 6) is 0. The second-order valence-corrected chi connectivity index (χ2v) is 11.8. The van der Waals surface area contributed by atoms with Crippen LogP contribution in [0.15, 0.2) is 192 Å². The zero-order valence-corrected chi connectivity index (χ0v) is 25.9. The van der Waals surface area contributed by atoms with Crippen molar-refractivity contribution in [1.82, 2.24) is 0 Å². The SMILES string of the molecule is [2H]c1c([2H])c([2H])c(N(c2ccc(-c3ccccc3)cc2)c2ccc(-c3ccccc3)cc2)c(-c2cccc3oc4c5ccccc5ccc4c23)c1[2H]. The molecule has 0 N–H and O–H groups in total. The number of hydrogen-bond acceptors (Lipinski definition) is 2. The highest BCUT2D eigenvalue weighted by Crippen LogP contribution is 2.46. The lowest BCUT2D eigenvalue weighted by atomic mass is 9.96. The molecule has 1 heterocycles. The molecule has 0 aliphatic carbocycles. The number of furan rings is 1. The van der Waals surface area contributed by atoms with Crippen molar-refractivity contribution in [2.45, 2.75) is 0 Å². The van der Waals surface area contributed by atoms with Gasteiger partial charge in [0, 0.05) is 33.1 Å². The van der Waals surface area contributed by atoms with E-state index in [2.05, 4.69) is 60.7 Å². The van der Waals surface area contributed by atoms with Crippen LogP contribution in [0.5, 0.6) is 0 Å². The fraction of sp³-hybridized carbons (Fsp3) is 0. The largest absolute Gasteiger partial charge is 0.455 e. The summed E-state index contributed by atoms with van der Waals surface area (Å²) in [4.78, 5) is 1.95. The van der Waals surface area contributed by atoms with Crippen molar-refractivity contribution in [1.29, 1.82) is 0 Å². The highest BCUT2D eigenvalue weighted by Gasteiger charge is 2.21. The molecule has 2 nitrogen and oxygen atoms in total. The molecular formula is C46H31NO. The predicted octanol–water partition coefficient (Wildman–Crippen LogP) is 13.2. The second-order valence-electron chi connectivity index (χ2n) is 11.8. The van der Waals surface area contributed by atoms with E-state index < -0.39 is 0 Å². The highest BCUT2D eigenvalue weighted by atomic mass is 16.3. The van der Waals surface area contributed by atoms with E-state index in [1.165, 1.54) is 0 Å². The fourth-order valence-electron chi connectivity index (χ4n) is 6.70. The summed E-state index contributed by atoms with van der Waals surface area (Å²) in [6.45, 7) is 0. The van der Waals surface area contributed by atoms with Crippen molar-refractivity contribution < 1.29 is 9.90 Å². The van der Waals surface area contributed by atoms with E-state index in [9.17, 15) is 2.74 Å². The minimum atomic E-state index is -0.300. The van der Waals surface area contributed by atoms with Crippen LogP contribution in [0.25, 0.3) is 66.1 Å². The molecule has 0 aliphatic heterocycles. The topological polar surface area (TPSA) is 16.4 Å². The van der Waals surface area contributed by atoms with Crippen molar-refractivity contribution in [2.75, 3.05) is 4.90 Å². The van der Waals surface area contributed by atoms with Gasteiger partial charge >= 0.3 is 0 Å². The van der Waals surface area contributed by atoms with Crippen LogP contribution in [-0.4, -0.2) is 0 Å². The smallest absolute Gasteiger partial charge is 0.143 e. The van der Waals surface area contributed by atoms with Crippen LogP contribution in [0.1, 0.15) is 5.48 Å². The van der Waals surface area contributed by atoms with Crippen LogP contribution in [0.4, 0.5) is 17.1 Å². The Bertz CT molecular complexity index is 2680. The Kier molecular flexibility index (Phi) is 5.85. The number of hydrogen-bond donors (Lipinski definition) is 0. The number of para-hydroxylation sites is 1. The lowest BCUT2D eigenvalue weighted by Crippen LogP contribution is -2.11. The second kappa shape index (κ2) is 11.8. The predicted molar refractivity (Wildman–Crippen MR) is 202 cm³/mol. The molecule has 2 heteroatoms. The average Bonchev–Trinajstić information content (AvgIpc) is 3.60. The minimum absolute atomic E-state index is 0.120. The summed E-state index contributed by atoms with van der Waals surface area (Å²) in [7, 11) is 0. The molecule has 9 aromatic rings. The number of fused-ring (bicyclic) bond motifs is 5. The number of rotatable bonds is 6. The Morgan fingerprint density at radius 2 is 1.02 bits per heavy atom. The van der Waals surface area contributed by atoms with Gasteiger partial charge in [0.05, 0.1) is 11.2 Å². The molecule has 1 aromatic heterocycles. The molecule has 8 aromatic carbocycles. The van der Waals surface area contributed by atoms with E-state index >= 15 is 0 Å². The standard InChI is InChI=1S/C46H31NO/c1-3-12-32(13-4-1)34-22-27-37(28-23-34)47(38-29-24-35(25-30-38)33-14-5-2-6-15-33)43-20-10-9-18-40(43)41-19-11-21-44-45(41)42-31-26-36-16-7-8-17-39(36)46(42)48-44/h1-31H/i9D,10D,18D,20D. The first-order valence-corrected chi connectivity index (χ1v) is 16.0. The van der Waals surface area contributed by atoms with Crippen LogP contribution < -0.4 is 4.90 Å². The average molecular weight is 618 g/mol. The van der Waals surface area contributed by atoms with Crippen molar-refractivity contribution >= 4 is 49.8 Å². The third-order valence-corrected chi connectivity index (χ3v) is 9.01. The molecule has 0 aliphatic rings. The summed E-state index contributed by atoms with van der Waals surface area (Å²) in [6, 6.07) is 53.7. The van der Waals surface area contributed by atoms with Crippen molar-refractivity contribution in [3.8, 4) is 33.4 Å². The first kappa shape index (κ1) is 23.9. The van der Waals surface area contributed by atoms with Crippen LogP contribution in [-0.2, 0) is 0 Å². The van der Waals surface area contributed by atoms with Gasteiger partial charge in [-0.1, -0.05) is 146 Å². The van der Waals surface area contributed by atoms with Gasteiger partial charge in [-0.3, -0.25) is 0 Å². The molecule has 0 saturated carbocycles. The van der Waals surface area contributed by atoms with Crippen molar-refractivity contribution in [2.24, 2.45) is 0 Å². The fourth-order valence-corrected chi connectivity index (χ4v) is 6.70. The Hall–Kier alpha value is -6.38. The van der Waals surface area contributed by atoms with E-state index in [1.807, 2.05) is 108 Å². The van der Waals surface area contributed by atoms with Crippen molar-refractivity contribution in [3.63, 3.8) is 0 Å². The third kappa shape index (κ3) is 4.83. The molecular weight excluding hydrogens is 583 g/mol. The third-order valence-electron chi connectivity index (χ3n) is 9.01. The van der Waals surface area contributed by atoms with Crippen LogP contribution in [0.2, 0.25) is 0 Å². The van der Waals surface area contributed by atoms with E-state index in [0.717, 1.165) is 60.8 Å². The van der Waals surface area contributed by atoms with Gasteiger partial charge in [0.2, 0.25) is 0 Å². The summed E-state index contributed by atoms with van der Waals surface area (Å²) in [6.07, 6.45) is 0. The summed E-state index contributed by atoms with van der Waals surface area (Å²) < 4.78 is 43.2. The number of nitrogens with zero attached hydrogens (tertiary/aromatic N) is 1. The molecule has 0 amide bonds. The zero-order chi connectivity index (χ0) is 35.3. The van der Waals surface area contributed by atoms with Gasteiger partial charge in [-0.2, -0.15) is 0 Å². The van der Waals surface area contributed by atoms with Crippen LogP contribution in [0.3, 0.4) is 0 Å². The molecule has 0 radical (unpaired) electrons. The molecule has 226 valence electrons. The Labute approximate surface area is 285 Å². The van der Waals surface area contributed by atoms with Gasteiger partial charge in [-0.15, -0.1) is 0 Å². The summed E-state index contributed by atoms with van der Waals surface area (Å²) in [5, 5.41) is 3.72. The van der Waals surface area contributed by atoms with Crippen LogP contribution in [0, 0.1) is 0 Å². The Balaban J connectivity index is 1.32. The maximum absolute atomic E-state index is 9.49. The molecule has 0 atom stereocenters. The molecule has 0 spiro atoms. The molecule has 0 bridgehead atoms. The van der Waals surface area contributed by atoms with Gasteiger partial charge in [0.1, 0.15) is 11.2 Å². The molecule has 48 heavy (non-hydrogen) atoms. The lowest BCUT2D eigenvalue weighted by molar-refractivity contribution is 0.673. The van der Waals surface area contributed by atoms with Gasteiger partial charge in [-0.25, -0.2) is 0 Å². The number of benzene rings is 8. The quantitative estimate of drug-likeness (QED) is 0.185. The first-order chi connectivity index (χ1) is 25.5. The normalized spacial score (nSPS) is 12.5. The molecule has 0 fully saturated rings. The van der Waals surface area contributed by atoms with Crippen molar-refractivity contribution in [3.05, 3.63) is 188 Å². The van der Waals surface area contributed by atoms with E-state index in [-0.39, 0.29) is 24.2 Å². The van der Waals surface area contributed by atoms with E-state index in [0.29, 0.717) is 22.4 Å². The monoisotopic (exact) mass is 617 g/mol.